The summed E-state index contributed by atoms with van der Waals surface area (Å²) < 4.78 is 21.6. The number of nitrogens with zero attached hydrogens (tertiary/aromatic N) is 3. The van der Waals surface area contributed by atoms with Crippen LogP contribution >= 0.6 is 0 Å². The van der Waals surface area contributed by atoms with Gasteiger partial charge < -0.3 is 23.8 Å². The van der Waals surface area contributed by atoms with Gasteiger partial charge in [0.2, 0.25) is 18.6 Å². The largest absolute Gasteiger partial charge is 0.472 e. The average molecular weight is 383 g/mol. The molecule has 3 heterocycles. The Kier molecular flexibility index (Phi) is 5.27. The lowest BCUT2D eigenvalue weighted by atomic mass is 10.1. The van der Waals surface area contributed by atoms with Crippen molar-refractivity contribution in [2.24, 2.45) is 0 Å². The first kappa shape index (κ1) is 18.1. The van der Waals surface area contributed by atoms with Gasteiger partial charge in [-0.25, -0.2) is 4.98 Å². The lowest BCUT2D eigenvalue weighted by molar-refractivity contribution is -0.128. The van der Waals surface area contributed by atoms with Gasteiger partial charge in [0.1, 0.15) is 6.10 Å². The van der Waals surface area contributed by atoms with Crippen LogP contribution in [0.4, 0.5) is 0 Å². The molecule has 8 nitrogen and oxygen atoms in total. The van der Waals surface area contributed by atoms with Gasteiger partial charge in [-0.05, 0) is 36.6 Å². The molecule has 0 bridgehead atoms. The molecule has 1 unspecified atom stereocenters. The number of amides is 1. The second-order valence-electron chi connectivity index (χ2n) is 6.49. The Hall–Kier alpha value is -3.29. The highest BCUT2D eigenvalue weighted by Gasteiger charge is 2.24. The van der Waals surface area contributed by atoms with Crippen LogP contribution in [-0.4, -0.2) is 53.9 Å². The van der Waals surface area contributed by atoms with E-state index in [2.05, 4.69) is 9.97 Å². The van der Waals surface area contributed by atoms with E-state index in [-0.39, 0.29) is 24.8 Å². The standard InChI is InChI=1S/C20H21N3O5/c1-25-20-21-9-8-18(22-20)28-15-3-2-10-23(12-15)19(24)7-5-14-4-6-16-17(11-14)27-13-26-16/h4-9,11,15H,2-3,10,12-13H2,1H3/b7-5+. The molecule has 1 atom stereocenters. The van der Waals surface area contributed by atoms with Gasteiger partial charge in [0.25, 0.3) is 0 Å². The number of piperidine rings is 1. The number of carbonyl (C=O) groups is 1. The number of fused-ring (bicyclic) bond motifs is 1. The lowest BCUT2D eigenvalue weighted by Crippen LogP contribution is -2.43. The highest BCUT2D eigenvalue weighted by molar-refractivity contribution is 5.92. The van der Waals surface area contributed by atoms with Crippen molar-refractivity contribution in [2.75, 3.05) is 27.0 Å². The third-order valence-corrected chi connectivity index (χ3v) is 4.58. The third kappa shape index (κ3) is 4.16. The topological polar surface area (TPSA) is 83.0 Å². The normalized spacial score (nSPS) is 18.3. The second-order valence-corrected chi connectivity index (χ2v) is 6.49. The van der Waals surface area contributed by atoms with E-state index in [0.29, 0.717) is 24.7 Å². The molecule has 4 rings (SSSR count). The van der Waals surface area contributed by atoms with Crippen LogP contribution in [0.3, 0.4) is 0 Å². The summed E-state index contributed by atoms with van der Waals surface area (Å²) in [7, 11) is 1.51. The molecule has 1 aromatic heterocycles. The molecule has 2 aliphatic heterocycles. The van der Waals surface area contributed by atoms with E-state index in [1.165, 1.54) is 7.11 Å². The first-order valence-electron chi connectivity index (χ1n) is 9.11. The minimum atomic E-state index is -0.115. The minimum Gasteiger partial charge on any atom is -0.472 e. The molecule has 1 amide bonds. The van der Waals surface area contributed by atoms with Gasteiger partial charge in [-0.15, -0.1) is 0 Å². The van der Waals surface area contributed by atoms with Crippen molar-refractivity contribution in [1.29, 1.82) is 0 Å². The van der Waals surface area contributed by atoms with Crippen LogP contribution in [0.1, 0.15) is 18.4 Å². The van der Waals surface area contributed by atoms with Crippen molar-refractivity contribution >= 4 is 12.0 Å². The predicted molar refractivity (Wildman–Crippen MR) is 100 cm³/mol. The predicted octanol–water partition coefficient (Wildman–Crippen LogP) is 2.30. The number of ether oxygens (including phenoxy) is 4. The van der Waals surface area contributed by atoms with E-state index in [0.717, 1.165) is 24.2 Å². The van der Waals surface area contributed by atoms with Gasteiger partial charge >= 0.3 is 6.01 Å². The van der Waals surface area contributed by atoms with Crippen molar-refractivity contribution in [1.82, 2.24) is 14.9 Å². The molecule has 1 aromatic carbocycles. The Labute approximate surface area is 162 Å². The van der Waals surface area contributed by atoms with Crippen LogP contribution in [0.5, 0.6) is 23.4 Å². The number of aromatic nitrogens is 2. The molecule has 146 valence electrons. The summed E-state index contributed by atoms with van der Waals surface area (Å²) in [6.45, 7) is 1.45. The van der Waals surface area contributed by atoms with Gasteiger partial charge in [0.15, 0.2) is 11.5 Å². The van der Waals surface area contributed by atoms with Crippen molar-refractivity contribution in [3.8, 4) is 23.4 Å². The highest BCUT2D eigenvalue weighted by atomic mass is 16.7. The Morgan fingerprint density at radius 1 is 1.29 bits per heavy atom. The number of methoxy groups -OCH3 is 1. The summed E-state index contributed by atoms with van der Waals surface area (Å²) in [6, 6.07) is 7.53. The maximum absolute atomic E-state index is 12.6. The number of hydrogen-bond donors (Lipinski definition) is 0. The zero-order chi connectivity index (χ0) is 19.3. The number of rotatable bonds is 5. The maximum atomic E-state index is 12.6. The Balaban J connectivity index is 1.36. The summed E-state index contributed by atoms with van der Waals surface area (Å²) in [5.74, 6) is 1.82. The van der Waals surface area contributed by atoms with E-state index in [9.17, 15) is 4.79 Å². The molecule has 28 heavy (non-hydrogen) atoms. The van der Waals surface area contributed by atoms with Gasteiger partial charge in [-0.2, -0.15) is 4.98 Å². The number of hydrogen-bond acceptors (Lipinski definition) is 7. The zero-order valence-electron chi connectivity index (χ0n) is 15.5. The zero-order valence-corrected chi connectivity index (χ0v) is 15.5. The number of carbonyl (C=O) groups excluding carboxylic acids is 1. The van der Waals surface area contributed by atoms with Crippen LogP contribution < -0.4 is 18.9 Å². The summed E-state index contributed by atoms with van der Waals surface area (Å²) in [5.41, 5.74) is 0.885. The highest BCUT2D eigenvalue weighted by Crippen LogP contribution is 2.32. The van der Waals surface area contributed by atoms with Gasteiger partial charge in [0.05, 0.1) is 13.7 Å². The van der Waals surface area contributed by atoms with Crippen LogP contribution in [0.15, 0.2) is 36.5 Å². The quantitative estimate of drug-likeness (QED) is 0.733. The molecule has 0 aliphatic carbocycles. The van der Waals surface area contributed by atoms with Crippen LogP contribution in [0.2, 0.25) is 0 Å². The summed E-state index contributed by atoms with van der Waals surface area (Å²) >= 11 is 0. The van der Waals surface area contributed by atoms with Crippen LogP contribution in [-0.2, 0) is 4.79 Å². The van der Waals surface area contributed by atoms with E-state index < -0.39 is 0 Å². The first-order chi connectivity index (χ1) is 13.7. The second kappa shape index (κ2) is 8.16. The molecular formula is C20H21N3O5. The molecule has 2 aliphatic rings. The molecule has 0 radical (unpaired) electrons. The SMILES string of the molecule is COc1nccc(OC2CCCN(C(=O)/C=C/c3ccc4c(c3)OCO4)C2)n1. The van der Waals surface area contributed by atoms with Crippen molar-refractivity contribution in [3.05, 3.63) is 42.1 Å². The molecule has 2 aromatic rings. The first-order valence-corrected chi connectivity index (χ1v) is 9.11. The summed E-state index contributed by atoms with van der Waals surface area (Å²) in [6.07, 6.45) is 6.56. The van der Waals surface area contributed by atoms with E-state index in [4.69, 9.17) is 18.9 Å². The molecule has 1 fully saturated rings. The molecular weight excluding hydrogens is 362 g/mol. The van der Waals surface area contributed by atoms with E-state index in [1.807, 2.05) is 18.2 Å². The maximum Gasteiger partial charge on any atom is 0.319 e. The van der Waals surface area contributed by atoms with Crippen molar-refractivity contribution in [3.63, 3.8) is 0 Å². The van der Waals surface area contributed by atoms with Gasteiger partial charge in [-0.1, -0.05) is 6.07 Å². The Morgan fingerprint density at radius 3 is 3.07 bits per heavy atom. The summed E-state index contributed by atoms with van der Waals surface area (Å²) in [5, 5.41) is 0. The number of benzene rings is 1. The molecule has 8 heteroatoms. The number of likely N-dealkylation sites (tertiary alicyclic amines) is 1. The summed E-state index contributed by atoms with van der Waals surface area (Å²) in [4.78, 5) is 22.5. The molecule has 0 saturated carbocycles. The van der Waals surface area contributed by atoms with Crippen LogP contribution in [0.25, 0.3) is 6.08 Å². The fourth-order valence-corrected chi connectivity index (χ4v) is 3.18. The minimum absolute atomic E-state index is 0.0498. The van der Waals surface area contributed by atoms with Crippen molar-refractivity contribution in [2.45, 2.75) is 18.9 Å². The fraction of sp³-hybridized carbons (Fsp3) is 0.350. The van der Waals surface area contributed by atoms with E-state index in [1.54, 1.807) is 29.3 Å². The van der Waals surface area contributed by atoms with Crippen LogP contribution in [0, 0.1) is 0 Å². The average Bonchev–Trinajstić information content (AvgIpc) is 3.20. The lowest BCUT2D eigenvalue weighted by Gasteiger charge is -2.32. The Bertz CT molecular complexity index is 886. The smallest absolute Gasteiger partial charge is 0.319 e. The monoisotopic (exact) mass is 383 g/mol. The molecule has 1 saturated heterocycles. The van der Waals surface area contributed by atoms with E-state index >= 15 is 0 Å². The third-order valence-electron chi connectivity index (χ3n) is 4.58. The van der Waals surface area contributed by atoms with Crippen molar-refractivity contribution < 1.29 is 23.7 Å². The van der Waals surface area contributed by atoms with Gasteiger partial charge in [-0.3, -0.25) is 4.79 Å². The van der Waals surface area contributed by atoms with Gasteiger partial charge in [0, 0.05) is 24.9 Å². The Morgan fingerprint density at radius 2 is 2.18 bits per heavy atom. The fourth-order valence-electron chi connectivity index (χ4n) is 3.18. The molecule has 0 spiro atoms. The molecule has 0 N–H and O–H groups in total.